The lowest BCUT2D eigenvalue weighted by molar-refractivity contribution is -0.158. The van der Waals surface area contributed by atoms with E-state index in [9.17, 15) is 0 Å². The van der Waals surface area contributed by atoms with Crippen LogP contribution < -0.4 is 0 Å². The molecule has 0 saturated heterocycles. The molecule has 0 saturated carbocycles. The molecule has 0 aromatic heterocycles. The van der Waals surface area contributed by atoms with Crippen molar-refractivity contribution in [3.63, 3.8) is 0 Å². The first-order chi connectivity index (χ1) is 5.35. The molecule has 68 valence electrons. The van der Waals surface area contributed by atoms with Gasteiger partial charge in [0.15, 0.2) is 0 Å². The standard InChI is InChI=1S/C6H13Cl2NO2/c7-1-3-9(4-2-8)11-6-5-10/h10H,1-6H2. The van der Waals surface area contributed by atoms with Crippen molar-refractivity contribution in [1.82, 2.24) is 5.06 Å². The van der Waals surface area contributed by atoms with Crippen LogP contribution in [-0.2, 0) is 4.84 Å². The Hall–Kier alpha value is 0.460. The lowest BCUT2D eigenvalue weighted by Gasteiger charge is -2.18. The number of alkyl halides is 2. The van der Waals surface area contributed by atoms with Crippen LogP contribution in [0.1, 0.15) is 0 Å². The monoisotopic (exact) mass is 201 g/mol. The summed E-state index contributed by atoms with van der Waals surface area (Å²) in [6.45, 7) is 1.58. The molecule has 0 rings (SSSR count). The molecule has 0 heterocycles. The van der Waals surface area contributed by atoms with Gasteiger partial charge in [0.2, 0.25) is 0 Å². The van der Waals surface area contributed by atoms with Crippen LogP contribution >= 0.6 is 23.2 Å². The molecule has 0 aliphatic rings. The fraction of sp³-hybridized carbons (Fsp3) is 1.00. The van der Waals surface area contributed by atoms with E-state index in [2.05, 4.69) is 0 Å². The van der Waals surface area contributed by atoms with Crippen LogP contribution in [0, 0.1) is 0 Å². The third kappa shape index (κ3) is 6.84. The molecule has 0 atom stereocenters. The van der Waals surface area contributed by atoms with Gasteiger partial charge < -0.3 is 5.11 Å². The number of rotatable bonds is 7. The molecule has 0 aromatic carbocycles. The molecule has 0 radical (unpaired) electrons. The summed E-state index contributed by atoms with van der Waals surface area (Å²) in [6.07, 6.45) is 0. The van der Waals surface area contributed by atoms with E-state index in [1.54, 1.807) is 5.06 Å². The van der Waals surface area contributed by atoms with Crippen LogP contribution in [0.2, 0.25) is 0 Å². The third-order valence-corrected chi connectivity index (χ3v) is 1.37. The largest absolute Gasteiger partial charge is 0.394 e. The maximum Gasteiger partial charge on any atom is 0.0916 e. The minimum Gasteiger partial charge on any atom is -0.394 e. The summed E-state index contributed by atoms with van der Waals surface area (Å²) >= 11 is 11.0. The summed E-state index contributed by atoms with van der Waals surface area (Å²) in [4.78, 5) is 5.09. The number of hydrogen-bond donors (Lipinski definition) is 1. The summed E-state index contributed by atoms with van der Waals surface area (Å²) in [7, 11) is 0. The smallest absolute Gasteiger partial charge is 0.0916 e. The van der Waals surface area contributed by atoms with E-state index in [0.29, 0.717) is 31.5 Å². The van der Waals surface area contributed by atoms with Gasteiger partial charge >= 0.3 is 0 Å². The number of hydrogen-bond acceptors (Lipinski definition) is 3. The zero-order valence-electron chi connectivity index (χ0n) is 6.30. The molecule has 1 N–H and O–H groups in total. The van der Waals surface area contributed by atoms with Gasteiger partial charge in [0.05, 0.1) is 13.2 Å². The van der Waals surface area contributed by atoms with Crippen molar-refractivity contribution < 1.29 is 9.94 Å². The van der Waals surface area contributed by atoms with Crippen LogP contribution in [0.5, 0.6) is 0 Å². The number of halogens is 2. The Morgan fingerprint density at radius 1 is 1.18 bits per heavy atom. The van der Waals surface area contributed by atoms with E-state index in [4.69, 9.17) is 33.1 Å². The van der Waals surface area contributed by atoms with Crippen molar-refractivity contribution in [2.75, 3.05) is 38.1 Å². The summed E-state index contributed by atoms with van der Waals surface area (Å²) in [6, 6.07) is 0. The minimum absolute atomic E-state index is 0.0150. The molecule has 0 spiro atoms. The average molecular weight is 202 g/mol. The topological polar surface area (TPSA) is 32.7 Å². The van der Waals surface area contributed by atoms with E-state index in [-0.39, 0.29) is 6.61 Å². The fourth-order valence-electron chi connectivity index (χ4n) is 0.599. The highest BCUT2D eigenvalue weighted by atomic mass is 35.5. The van der Waals surface area contributed by atoms with Gasteiger partial charge in [0, 0.05) is 24.8 Å². The predicted molar refractivity (Wildman–Crippen MR) is 46.1 cm³/mol. The molecule has 0 aliphatic carbocycles. The van der Waals surface area contributed by atoms with E-state index in [0.717, 1.165) is 0 Å². The minimum atomic E-state index is 0.0150. The van der Waals surface area contributed by atoms with Crippen molar-refractivity contribution in [3.8, 4) is 0 Å². The maximum absolute atomic E-state index is 8.43. The predicted octanol–water partition coefficient (Wildman–Crippen LogP) is 0.690. The van der Waals surface area contributed by atoms with E-state index in [1.807, 2.05) is 0 Å². The van der Waals surface area contributed by atoms with Crippen LogP contribution in [0.15, 0.2) is 0 Å². The number of hydroxylamine groups is 2. The zero-order chi connectivity index (χ0) is 8.53. The molecular formula is C6H13Cl2NO2. The quantitative estimate of drug-likeness (QED) is 0.487. The Bertz CT molecular complexity index is 79.0. The van der Waals surface area contributed by atoms with Gasteiger partial charge in [0.1, 0.15) is 0 Å². The molecule has 0 fully saturated rings. The molecule has 0 bridgehead atoms. The van der Waals surface area contributed by atoms with E-state index >= 15 is 0 Å². The van der Waals surface area contributed by atoms with Crippen LogP contribution in [0.3, 0.4) is 0 Å². The second-order valence-corrected chi connectivity index (χ2v) is 2.62. The first kappa shape index (κ1) is 11.5. The Kier molecular flexibility index (Phi) is 8.91. The van der Waals surface area contributed by atoms with Crippen molar-refractivity contribution in [3.05, 3.63) is 0 Å². The molecule has 0 amide bonds. The second kappa shape index (κ2) is 8.56. The fourth-order valence-corrected chi connectivity index (χ4v) is 0.976. The van der Waals surface area contributed by atoms with Crippen LogP contribution in [0.25, 0.3) is 0 Å². The molecule has 0 aliphatic heterocycles. The first-order valence-corrected chi connectivity index (χ1v) is 4.52. The molecule has 3 nitrogen and oxygen atoms in total. The Morgan fingerprint density at radius 2 is 1.73 bits per heavy atom. The first-order valence-electron chi connectivity index (χ1n) is 3.45. The third-order valence-electron chi connectivity index (χ3n) is 1.03. The summed E-state index contributed by atoms with van der Waals surface area (Å²) in [5, 5.41) is 10.1. The van der Waals surface area contributed by atoms with E-state index in [1.165, 1.54) is 0 Å². The number of aliphatic hydroxyl groups is 1. The normalized spacial score (nSPS) is 10.9. The average Bonchev–Trinajstić information content (AvgIpc) is 2.01. The Balaban J connectivity index is 3.34. The van der Waals surface area contributed by atoms with Crippen molar-refractivity contribution in [1.29, 1.82) is 0 Å². The molecule has 0 unspecified atom stereocenters. The summed E-state index contributed by atoms with van der Waals surface area (Å²) < 4.78 is 0. The highest BCUT2D eigenvalue weighted by Crippen LogP contribution is 1.92. The SMILES string of the molecule is OCCON(CCCl)CCCl. The zero-order valence-corrected chi connectivity index (χ0v) is 7.81. The van der Waals surface area contributed by atoms with Crippen molar-refractivity contribution >= 4 is 23.2 Å². The lowest BCUT2D eigenvalue weighted by atomic mass is 10.6. The van der Waals surface area contributed by atoms with Gasteiger partial charge in [-0.05, 0) is 0 Å². The van der Waals surface area contributed by atoms with E-state index < -0.39 is 0 Å². The highest BCUT2D eigenvalue weighted by molar-refractivity contribution is 6.18. The van der Waals surface area contributed by atoms with Gasteiger partial charge in [-0.2, -0.15) is 5.06 Å². The number of nitrogens with zero attached hydrogens (tertiary/aromatic N) is 1. The Labute approximate surface area is 76.8 Å². The van der Waals surface area contributed by atoms with Crippen molar-refractivity contribution in [2.24, 2.45) is 0 Å². The van der Waals surface area contributed by atoms with Gasteiger partial charge in [-0.25, -0.2) is 0 Å². The van der Waals surface area contributed by atoms with Crippen molar-refractivity contribution in [2.45, 2.75) is 0 Å². The summed E-state index contributed by atoms with van der Waals surface area (Å²) in [5.41, 5.74) is 0. The molecule has 11 heavy (non-hydrogen) atoms. The molecule has 5 heteroatoms. The van der Waals surface area contributed by atoms with Gasteiger partial charge in [-0.15, -0.1) is 23.2 Å². The Morgan fingerprint density at radius 3 is 2.09 bits per heavy atom. The van der Waals surface area contributed by atoms with Gasteiger partial charge in [-0.3, -0.25) is 4.84 Å². The molecule has 0 aromatic rings. The number of aliphatic hydroxyl groups excluding tert-OH is 1. The van der Waals surface area contributed by atoms with Gasteiger partial charge in [-0.1, -0.05) is 0 Å². The molecular weight excluding hydrogens is 189 g/mol. The lowest BCUT2D eigenvalue weighted by Crippen LogP contribution is -2.29. The van der Waals surface area contributed by atoms with Crippen LogP contribution in [-0.4, -0.2) is 48.2 Å². The summed E-state index contributed by atoms with van der Waals surface area (Å²) in [5.74, 6) is 1.00. The second-order valence-electron chi connectivity index (χ2n) is 1.86. The maximum atomic E-state index is 8.43. The highest BCUT2D eigenvalue weighted by Gasteiger charge is 2.01. The van der Waals surface area contributed by atoms with Gasteiger partial charge in [0.25, 0.3) is 0 Å². The van der Waals surface area contributed by atoms with Crippen LogP contribution in [0.4, 0.5) is 0 Å².